The van der Waals surface area contributed by atoms with E-state index < -0.39 is 0 Å². The summed E-state index contributed by atoms with van der Waals surface area (Å²) in [7, 11) is 0. The fourth-order valence-corrected chi connectivity index (χ4v) is 5.32. The summed E-state index contributed by atoms with van der Waals surface area (Å²) in [4.78, 5) is 3.57. The van der Waals surface area contributed by atoms with Gasteiger partial charge in [0.05, 0.1) is 0 Å². The van der Waals surface area contributed by atoms with Crippen molar-refractivity contribution < 1.29 is 0 Å². The third-order valence-corrected chi connectivity index (χ3v) is 6.44. The Kier molecular flexibility index (Phi) is 2.82. The lowest BCUT2D eigenvalue weighted by Gasteiger charge is -2.06. The van der Waals surface area contributed by atoms with Crippen LogP contribution >= 0.6 is 11.3 Å². The number of H-pyrrole nitrogens is 1. The van der Waals surface area contributed by atoms with Crippen LogP contribution in [0.1, 0.15) is 0 Å². The Hall–Kier alpha value is -3.10. The molecule has 0 fully saturated rings. The van der Waals surface area contributed by atoms with E-state index in [0.29, 0.717) is 0 Å². The Morgan fingerprint density at radius 1 is 0.538 bits per heavy atom. The van der Waals surface area contributed by atoms with E-state index in [-0.39, 0.29) is 0 Å². The minimum Gasteiger partial charge on any atom is -0.354 e. The van der Waals surface area contributed by atoms with Crippen LogP contribution in [0.4, 0.5) is 0 Å². The van der Waals surface area contributed by atoms with E-state index in [1.165, 1.54) is 53.1 Å². The van der Waals surface area contributed by atoms with E-state index in [1.807, 2.05) is 11.3 Å². The van der Waals surface area contributed by atoms with Crippen molar-refractivity contribution in [1.82, 2.24) is 4.98 Å². The summed E-state index contributed by atoms with van der Waals surface area (Å²) in [5.74, 6) is 0. The summed E-state index contributed by atoms with van der Waals surface area (Å²) in [6.45, 7) is 0. The standard InChI is InChI=1S/C24H15NS/c1-3-12-20-19(8-1)23-16(9-6-13-21(23)25-20)18-11-5-10-17-15-7-2-4-14-22(15)26-24(17)18/h1-14,25H. The highest BCUT2D eigenvalue weighted by Gasteiger charge is 2.14. The zero-order valence-electron chi connectivity index (χ0n) is 14.0. The predicted octanol–water partition coefficient (Wildman–Crippen LogP) is 7.36. The number of hydrogen-bond donors (Lipinski definition) is 1. The molecule has 0 aliphatic carbocycles. The highest BCUT2D eigenvalue weighted by atomic mass is 32.1. The fourth-order valence-electron chi connectivity index (χ4n) is 4.09. The number of hydrogen-bond acceptors (Lipinski definition) is 1. The van der Waals surface area contributed by atoms with Crippen LogP contribution in [0.2, 0.25) is 0 Å². The molecule has 0 bridgehead atoms. The van der Waals surface area contributed by atoms with Crippen LogP contribution in [0.15, 0.2) is 84.9 Å². The van der Waals surface area contributed by atoms with Gasteiger partial charge in [0.25, 0.3) is 0 Å². The number of benzene rings is 4. The van der Waals surface area contributed by atoms with Crippen LogP contribution < -0.4 is 0 Å². The average Bonchev–Trinajstić information content (AvgIpc) is 3.26. The van der Waals surface area contributed by atoms with E-state index in [0.717, 1.165) is 0 Å². The molecule has 0 aliphatic rings. The highest BCUT2D eigenvalue weighted by molar-refractivity contribution is 7.26. The van der Waals surface area contributed by atoms with Crippen molar-refractivity contribution in [2.45, 2.75) is 0 Å². The Labute approximate surface area is 154 Å². The van der Waals surface area contributed by atoms with Gasteiger partial charge in [-0.3, -0.25) is 0 Å². The summed E-state index contributed by atoms with van der Waals surface area (Å²) in [5.41, 5.74) is 5.01. The molecule has 1 nitrogen and oxygen atoms in total. The quantitative estimate of drug-likeness (QED) is 0.319. The molecule has 6 rings (SSSR count). The molecule has 0 unspecified atom stereocenters. The largest absolute Gasteiger partial charge is 0.354 e. The van der Waals surface area contributed by atoms with Crippen molar-refractivity contribution in [1.29, 1.82) is 0 Å². The van der Waals surface area contributed by atoms with Gasteiger partial charge in [0.1, 0.15) is 0 Å². The van der Waals surface area contributed by atoms with Crippen molar-refractivity contribution in [3.8, 4) is 11.1 Å². The van der Waals surface area contributed by atoms with Crippen molar-refractivity contribution in [3.63, 3.8) is 0 Å². The number of aromatic amines is 1. The summed E-state index contributed by atoms with van der Waals surface area (Å²) in [5, 5.41) is 5.30. The molecule has 0 saturated heterocycles. The number of nitrogens with one attached hydrogen (secondary N) is 1. The average molecular weight is 349 g/mol. The maximum absolute atomic E-state index is 3.57. The van der Waals surface area contributed by atoms with E-state index in [4.69, 9.17) is 0 Å². The topological polar surface area (TPSA) is 15.8 Å². The second-order valence-electron chi connectivity index (χ2n) is 6.68. The minimum atomic E-state index is 1.19. The second kappa shape index (κ2) is 5.20. The molecule has 122 valence electrons. The van der Waals surface area contributed by atoms with E-state index in [9.17, 15) is 0 Å². The zero-order chi connectivity index (χ0) is 17.1. The molecule has 0 radical (unpaired) electrons. The number of fused-ring (bicyclic) bond motifs is 6. The molecule has 1 N–H and O–H groups in total. The van der Waals surface area contributed by atoms with Crippen LogP contribution in [0.3, 0.4) is 0 Å². The molecular weight excluding hydrogens is 334 g/mol. The van der Waals surface area contributed by atoms with Crippen molar-refractivity contribution >= 4 is 53.3 Å². The predicted molar refractivity (Wildman–Crippen MR) is 114 cm³/mol. The van der Waals surface area contributed by atoms with Crippen LogP contribution in [0.25, 0.3) is 53.1 Å². The molecule has 6 aromatic rings. The number of thiophene rings is 1. The maximum Gasteiger partial charge on any atom is 0.0471 e. The lowest BCUT2D eigenvalue weighted by atomic mass is 9.98. The highest BCUT2D eigenvalue weighted by Crippen LogP contribution is 2.42. The van der Waals surface area contributed by atoms with Gasteiger partial charge in [-0.2, -0.15) is 0 Å². The van der Waals surface area contributed by atoms with Crippen molar-refractivity contribution in [2.24, 2.45) is 0 Å². The first-order chi connectivity index (χ1) is 12.9. The number of para-hydroxylation sites is 1. The van der Waals surface area contributed by atoms with Gasteiger partial charge in [-0.15, -0.1) is 11.3 Å². The summed E-state index contributed by atoms with van der Waals surface area (Å²) in [6, 6.07) is 30.5. The molecule has 2 heterocycles. The minimum absolute atomic E-state index is 1.19. The monoisotopic (exact) mass is 349 g/mol. The molecule has 2 heteroatoms. The number of aromatic nitrogens is 1. The van der Waals surface area contributed by atoms with Gasteiger partial charge in [0.15, 0.2) is 0 Å². The van der Waals surface area contributed by atoms with Gasteiger partial charge >= 0.3 is 0 Å². The summed E-state index contributed by atoms with van der Waals surface area (Å²) >= 11 is 1.89. The SMILES string of the molecule is c1ccc2c(c1)[nH]c1cccc(-c3cccc4c3sc3ccccc34)c12. The molecule has 0 saturated carbocycles. The molecule has 26 heavy (non-hydrogen) atoms. The lowest BCUT2D eigenvalue weighted by Crippen LogP contribution is -1.80. The zero-order valence-corrected chi connectivity index (χ0v) is 14.8. The Morgan fingerprint density at radius 2 is 1.23 bits per heavy atom. The normalized spacial score (nSPS) is 11.8. The molecule has 4 aromatic carbocycles. The van der Waals surface area contributed by atoms with Gasteiger partial charge < -0.3 is 4.98 Å². The Balaban J connectivity index is 1.79. The van der Waals surface area contributed by atoms with Gasteiger partial charge in [0.2, 0.25) is 0 Å². The van der Waals surface area contributed by atoms with Crippen LogP contribution in [0, 0.1) is 0 Å². The Morgan fingerprint density at radius 3 is 2.19 bits per heavy atom. The first-order valence-corrected chi connectivity index (χ1v) is 9.62. The van der Waals surface area contributed by atoms with Crippen LogP contribution in [0.5, 0.6) is 0 Å². The third kappa shape index (κ3) is 1.85. The van der Waals surface area contributed by atoms with Gasteiger partial charge in [-0.05, 0) is 23.8 Å². The molecule has 2 aromatic heterocycles. The van der Waals surface area contributed by atoms with Gasteiger partial charge in [0, 0.05) is 47.5 Å². The van der Waals surface area contributed by atoms with Crippen molar-refractivity contribution in [2.75, 3.05) is 0 Å². The van der Waals surface area contributed by atoms with E-state index >= 15 is 0 Å². The lowest BCUT2D eigenvalue weighted by molar-refractivity contribution is 1.55. The molecule has 0 amide bonds. The van der Waals surface area contributed by atoms with Crippen LogP contribution in [-0.2, 0) is 0 Å². The smallest absolute Gasteiger partial charge is 0.0471 e. The first kappa shape index (κ1) is 14.1. The number of rotatable bonds is 1. The van der Waals surface area contributed by atoms with E-state index in [2.05, 4.69) is 89.9 Å². The fraction of sp³-hybridized carbons (Fsp3) is 0. The Bertz CT molecular complexity index is 1430. The maximum atomic E-state index is 3.57. The van der Waals surface area contributed by atoms with Crippen LogP contribution in [-0.4, -0.2) is 4.98 Å². The molecule has 0 atom stereocenters. The second-order valence-corrected chi connectivity index (χ2v) is 7.73. The molecule has 0 spiro atoms. The molecule has 0 aliphatic heterocycles. The van der Waals surface area contributed by atoms with Gasteiger partial charge in [-0.25, -0.2) is 0 Å². The van der Waals surface area contributed by atoms with E-state index in [1.54, 1.807) is 0 Å². The third-order valence-electron chi connectivity index (χ3n) is 5.22. The van der Waals surface area contributed by atoms with Crippen molar-refractivity contribution in [3.05, 3.63) is 84.9 Å². The summed E-state index contributed by atoms with van der Waals surface area (Å²) < 4.78 is 2.72. The molecular formula is C24H15NS. The first-order valence-electron chi connectivity index (χ1n) is 8.80. The summed E-state index contributed by atoms with van der Waals surface area (Å²) in [6.07, 6.45) is 0. The van der Waals surface area contributed by atoms with Gasteiger partial charge in [-0.1, -0.05) is 66.7 Å².